The summed E-state index contributed by atoms with van der Waals surface area (Å²) in [6.07, 6.45) is -6.81. The first kappa shape index (κ1) is 37.6. The molecule has 3 N–H and O–H groups in total. The first-order valence-electron chi connectivity index (χ1n) is 15.9. The molecule has 14 heteroatoms. The van der Waals surface area contributed by atoms with Crippen molar-refractivity contribution >= 4 is 35.3 Å². The van der Waals surface area contributed by atoms with Crippen LogP contribution in [0.5, 0.6) is 0 Å². The zero-order valence-corrected chi connectivity index (χ0v) is 28.1. The van der Waals surface area contributed by atoms with Crippen molar-refractivity contribution < 1.29 is 46.6 Å². The Morgan fingerprint density at radius 1 is 0.880 bits per heavy atom. The fraction of sp³-hybridized carbons (Fsp3) is 0.361. The first-order chi connectivity index (χ1) is 23.7. The molecule has 1 aliphatic heterocycles. The lowest BCUT2D eigenvalue weighted by Gasteiger charge is -2.39. The first-order valence-corrected chi connectivity index (χ1v) is 15.9. The van der Waals surface area contributed by atoms with Crippen LogP contribution in [-0.4, -0.2) is 73.0 Å². The Hall–Kier alpha value is -5.24. The fourth-order valence-electron chi connectivity index (χ4n) is 5.71. The van der Waals surface area contributed by atoms with Crippen molar-refractivity contribution in [3.05, 3.63) is 102 Å². The molecular weight excluding hydrogens is 657 g/mol. The van der Waals surface area contributed by atoms with Crippen molar-refractivity contribution in [2.75, 3.05) is 19.5 Å². The van der Waals surface area contributed by atoms with Crippen molar-refractivity contribution in [3.63, 3.8) is 0 Å². The molecule has 0 saturated heterocycles. The van der Waals surface area contributed by atoms with Crippen LogP contribution < -0.4 is 16.0 Å². The van der Waals surface area contributed by atoms with Crippen molar-refractivity contribution in [1.82, 2.24) is 15.5 Å². The highest BCUT2D eigenvalue weighted by atomic mass is 19.4. The molecule has 4 amide bonds. The van der Waals surface area contributed by atoms with Gasteiger partial charge in [-0.05, 0) is 30.5 Å². The third kappa shape index (κ3) is 7.49. The summed E-state index contributed by atoms with van der Waals surface area (Å²) < 4.78 is 55.6. The summed E-state index contributed by atoms with van der Waals surface area (Å²) in [6.45, 7) is 4.89. The number of benzene rings is 3. The minimum Gasteiger partial charge on any atom is -0.452 e. The molecule has 4 rings (SSSR count). The highest BCUT2D eigenvalue weighted by Crippen LogP contribution is 2.44. The number of likely N-dealkylation sites (N-methyl/N-ethyl adjacent to an activating group) is 1. The number of para-hydroxylation sites is 1. The standard InChI is InChI=1S/C36H39F3N4O7/c1-6-21(2)27-33(47)43(4)28(32(46)41-26-20-14-13-19-25(26)31(45)40-22(3)30(44)42-27)29(23-15-9-7-10-16-23)50-34(48)35(49-5,36(37,38)39)24-17-11-8-12-18-24/h7-22,27-29H,6H2,1-5H3,(H,40,45)(H,41,46)(H,42,44)/t21?,22-,27-,28-,29+,35+/m1/s1. The zero-order chi connectivity index (χ0) is 36.8. The summed E-state index contributed by atoms with van der Waals surface area (Å²) >= 11 is 0. The zero-order valence-electron chi connectivity index (χ0n) is 28.1. The average molecular weight is 697 g/mol. The minimum absolute atomic E-state index is 0.0323. The number of halogens is 3. The number of carbonyl (C=O) groups excluding carboxylic acids is 5. The number of rotatable bonds is 8. The normalized spacial score (nSPS) is 21.4. The topological polar surface area (TPSA) is 143 Å². The number of hydrogen-bond acceptors (Lipinski definition) is 7. The largest absolute Gasteiger partial charge is 0.452 e. The number of nitrogens with one attached hydrogen (secondary N) is 3. The van der Waals surface area contributed by atoms with E-state index in [-0.39, 0.29) is 16.8 Å². The summed E-state index contributed by atoms with van der Waals surface area (Å²) in [5.41, 5.74) is -4.22. The van der Waals surface area contributed by atoms with Crippen LogP contribution in [0.1, 0.15) is 54.8 Å². The Labute approximate surface area is 287 Å². The molecule has 0 aromatic heterocycles. The van der Waals surface area contributed by atoms with Gasteiger partial charge in [0.25, 0.3) is 17.4 Å². The number of ether oxygens (including phenoxy) is 2. The molecule has 1 unspecified atom stereocenters. The number of carbonyl (C=O) groups is 5. The van der Waals surface area contributed by atoms with Crippen LogP contribution in [0.3, 0.4) is 0 Å². The van der Waals surface area contributed by atoms with Crippen LogP contribution in [0.15, 0.2) is 84.9 Å². The third-order valence-corrected chi connectivity index (χ3v) is 8.80. The van der Waals surface area contributed by atoms with Gasteiger partial charge >= 0.3 is 12.1 Å². The van der Waals surface area contributed by atoms with Gasteiger partial charge in [0.15, 0.2) is 12.1 Å². The van der Waals surface area contributed by atoms with Crippen LogP contribution >= 0.6 is 0 Å². The number of hydrogen-bond donors (Lipinski definition) is 3. The van der Waals surface area contributed by atoms with Gasteiger partial charge < -0.3 is 30.3 Å². The molecule has 6 atom stereocenters. The van der Waals surface area contributed by atoms with Crippen LogP contribution in [0.4, 0.5) is 18.9 Å². The number of amides is 4. The van der Waals surface area contributed by atoms with Crippen molar-refractivity contribution in [1.29, 1.82) is 0 Å². The predicted octanol–water partition coefficient (Wildman–Crippen LogP) is 4.50. The highest BCUT2D eigenvalue weighted by Gasteiger charge is 2.64. The van der Waals surface area contributed by atoms with E-state index in [0.717, 1.165) is 17.0 Å². The van der Waals surface area contributed by atoms with Gasteiger partial charge in [-0.15, -0.1) is 0 Å². The Morgan fingerprint density at radius 2 is 1.46 bits per heavy atom. The summed E-state index contributed by atoms with van der Waals surface area (Å²) in [6, 6.07) is 15.3. The van der Waals surface area contributed by atoms with Crippen LogP contribution in [-0.2, 0) is 34.3 Å². The summed E-state index contributed by atoms with van der Waals surface area (Å²) in [4.78, 5) is 70.3. The number of methoxy groups -OCH3 is 1. The van der Waals surface area contributed by atoms with Gasteiger partial charge in [0, 0.05) is 19.7 Å². The second-order valence-corrected chi connectivity index (χ2v) is 12.0. The molecule has 0 radical (unpaired) electrons. The molecule has 3 aromatic rings. The molecular formula is C36H39F3N4O7. The van der Waals surface area contributed by atoms with Crippen molar-refractivity contribution in [2.24, 2.45) is 5.92 Å². The van der Waals surface area contributed by atoms with E-state index < -0.39 is 77.1 Å². The lowest BCUT2D eigenvalue weighted by Crippen LogP contribution is -2.59. The summed E-state index contributed by atoms with van der Waals surface area (Å²) in [5.74, 6) is -5.62. The monoisotopic (exact) mass is 696 g/mol. The van der Waals surface area contributed by atoms with E-state index >= 15 is 0 Å². The molecule has 3 aromatic carbocycles. The van der Waals surface area contributed by atoms with Gasteiger partial charge in [0.1, 0.15) is 12.1 Å². The van der Waals surface area contributed by atoms with Crippen molar-refractivity contribution in [2.45, 2.75) is 63.2 Å². The molecule has 0 aliphatic carbocycles. The molecule has 11 nitrogen and oxygen atoms in total. The van der Waals surface area contributed by atoms with E-state index in [0.29, 0.717) is 13.5 Å². The highest BCUT2D eigenvalue weighted by molar-refractivity contribution is 6.07. The van der Waals surface area contributed by atoms with Gasteiger partial charge in [-0.1, -0.05) is 93.1 Å². The second-order valence-electron chi connectivity index (χ2n) is 12.0. The van der Waals surface area contributed by atoms with E-state index in [4.69, 9.17) is 9.47 Å². The van der Waals surface area contributed by atoms with Crippen LogP contribution in [0.25, 0.3) is 0 Å². The number of esters is 1. The molecule has 50 heavy (non-hydrogen) atoms. The van der Waals surface area contributed by atoms with E-state index in [1.54, 1.807) is 19.9 Å². The average Bonchev–Trinajstić information content (AvgIpc) is 3.10. The van der Waals surface area contributed by atoms with Crippen molar-refractivity contribution in [3.8, 4) is 0 Å². The maximum atomic E-state index is 15.0. The van der Waals surface area contributed by atoms with Crippen LogP contribution in [0, 0.1) is 5.92 Å². The van der Waals surface area contributed by atoms with Gasteiger partial charge in [-0.2, -0.15) is 13.2 Å². The van der Waals surface area contributed by atoms with E-state index in [1.807, 2.05) is 0 Å². The number of fused-ring (bicyclic) bond motifs is 1. The lowest BCUT2D eigenvalue weighted by molar-refractivity contribution is -0.279. The maximum absolute atomic E-state index is 15.0. The third-order valence-electron chi connectivity index (χ3n) is 8.80. The lowest BCUT2D eigenvalue weighted by atomic mass is 9.91. The van der Waals surface area contributed by atoms with Gasteiger partial charge in [0.05, 0.1) is 11.3 Å². The second kappa shape index (κ2) is 15.5. The predicted molar refractivity (Wildman–Crippen MR) is 176 cm³/mol. The fourth-order valence-corrected chi connectivity index (χ4v) is 5.71. The van der Waals surface area contributed by atoms with Crippen LogP contribution in [0.2, 0.25) is 0 Å². The Balaban J connectivity index is 1.95. The summed E-state index contributed by atoms with van der Waals surface area (Å²) in [5, 5.41) is 7.83. The van der Waals surface area contributed by atoms with E-state index in [1.165, 1.54) is 80.7 Å². The minimum atomic E-state index is -5.34. The Bertz CT molecular complexity index is 1710. The number of anilines is 1. The molecule has 266 valence electrons. The molecule has 0 fully saturated rings. The quantitative estimate of drug-likeness (QED) is 0.295. The number of nitrogens with zero attached hydrogens (tertiary/aromatic N) is 1. The molecule has 0 spiro atoms. The smallest absolute Gasteiger partial charge is 0.432 e. The molecule has 1 heterocycles. The molecule has 0 bridgehead atoms. The van der Waals surface area contributed by atoms with E-state index in [9.17, 15) is 37.1 Å². The molecule has 1 aliphatic rings. The summed E-state index contributed by atoms with van der Waals surface area (Å²) in [7, 11) is 1.93. The number of alkyl halides is 3. The van der Waals surface area contributed by atoms with E-state index in [2.05, 4.69) is 16.0 Å². The maximum Gasteiger partial charge on any atom is 0.432 e. The van der Waals surface area contributed by atoms with Gasteiger partial charge in [-0.25, -0.2) is 4.79 Å². The van der Waals surface area contributed by atoms with Gasteiger partial charge in [-0.3, -0.25) is 19.2 Å². The molecule has 0 saturated carbocycles. The SMILES string of the molecule is CCC(C)[C@H]1NC(=O)[C@@H](C)NC(=O)c2ccccc2NC(=O)[C@@H]([C@@H](OC(=O)[C@@](OC)(c2ccccc2)C(F)(F)F)c2ccccc2)N(C)C1=O. The van der Waals surface area contributed by atoms with Gasteiger partial charge in [0.2, 0.25) is 11.8 Å². The Kier molecular flexibility index (Phi) is 11.7. The Morgan fingerprint density at radius 3 is 2.04 bits per heavy atom.